The summed E-state index contributed by atoms with van der Waals surface area (Å²) in [6.07, 6.45) is 2.15. The zero-order valence-corrected chi connectivity index (χ0v) is 22.2. The van der Waals surface area contributed by atoms with Gasteiger partial charge in [-0.2, -0.15) is 0 Å². The number of carbonyl (C=O) groups is 2. The van der Waals surface area contributed by atoms with Crippen molar-refractivity contribution in [2.45, 2.75) is 46.2 Å². The first-order chi connectivity index (χ1) is 16.0. The molecule has 0 aliphatic rings. The van der Waals surface area contributed by atoms with E-state index in [0.717, 1.165) is 28.1 Å². The summed E-state index contributed by atoms with van der Waals surface area (Å²) < 4.78 is 26.2. The van der Waals surface area contributed by atoms with Crippen molar-refractivity contribution in [2.24, 2.45) is 0 Å². The lowest BCUT2D eigenvalue weighted by Crippen LogP contribution is -2.52. The van der Waals surface area contributed by atoms with Crippen molar-refractivity contribution < 1.29 is 18.0 Å². The Bertz CT molecular complexity index is 1110. The Labute approximate surface area is 212 Å². The average molecular weight is 529 g/mol. The van der Waals surface area contributed by atoms with E-state index in [9.17, 15) is 18.0 Å². The van der Waals surface area contributed by atoms with Crippen LogP contribution < -0.4 is 9.62 Å². The standard InChI is InChI=1S/C24H31Cl2N3O4S/c1-5-13-27-24(31)22(6-2)28(15-18-8-10-19(25)11-9-18)23(30)16-29(34(4,32)33)20-12-7-17(3)21(26)14-20/h7-12,14,22H,5-6,13,15-16H2,1-4H3,(H,27,31)/t22-/m0/s1. The van der Waals surface area contributed by atoms with Gasteiger partial charge in [0, 0.05) is 23.1 Å². The van der Waals surface area contributed by atoms with Gasteiger partial charge in [-0.15, -0.1) is 0 Å². The maximum Gasteiger partial charge on any atom is 0.244 e. The van der Waals surface area contributed by atoms with E-state index in [2.05, 4.69) is 5.32 Å². The minimum atomic E-state index is -3.81. The first-order valence-corrected chi connectivity index (χ1v) is 13.6. The maximum atomic E-state index is 13.6. The van der Waals surface area contributed by atoms with Crippen molar-refractivity contribution >= 4 is 50.7 Å². The number of benzene rings is 2. The van der Waals surface area contributed by atoms with E-state index in [-0.39, 0.29) is 18.1 Å². The van der Waals surface area contributed by atoms with Crippen molar-refractivity contribution in [2.75, 3.05) is 23.7 Å². The van der Waals surface area contributed by atoms with Crippen LogP contribution in [-0.2, 0) is 26.2 Å². The van der Waals surface area contributed by atoms with Crippen LogP contribution in [0.3, 0.4) is 0 Å². The van der Waals surface area contributed by atoms with E-state index < -0.39 is 28.5 Å². The van der Waals surface area contributed by atoms with Crippen molar-refractivity contribution in [3.63, 3.8) is 0 Å². The molecule has 0 radical (unpaired) electrons. The van der Waals surface area contributed by atoms with Crippen LogP contribution in [0.1, 0.15) is 37.8 Å². The Morgan fingerprint density at radius 3 is 2.24 bits per heavy atom. The molecule has 34 heavy (non-hydrogen) atoms. The molecule has 0 aromatic heterocycles. The van der Waals surface area contributed by atoms with Crippen LogP contribution in [-0.4, -0.2) is 50.5 Å². The zero-order valence-electron chi connectivity index (χ0n) is 19.8. The van der Waals surface area contributed by atoms with Crippen LogP contribution in [0.15, 0.2) is 42.5 Å². The van der Waals surface area contributed by atoms with Gasteiger partial charge in [-0.1, -0.05) is 55.2 Å². The molecule has 2 aromatic carbocycles. The molecule has 2 rings (SSSR count). The van der Waals surface area contributed by atoms with Gasteiger partial charge in [0.25, 0.3) is 0 Å². The second-order valence-electron chi connectivity index (χ2n) is 8.07. The molecule has 0 aliphatic carbocycles. The number of nitrogens with one attached hydrogen (secondary N) is 1. The topological polar surface area (TPSA) is 86.8 Å². The lowest BCUT2D eigenvalue weighted by Gasteiger charge is -2.33. The van der Waals surface area contributed by atoms with E-state index in [0.29, 0.717) is 23.0 Å². The zero-order chi connectivity index (χ0) is 25.5. The van der Waals surface area contributed by atoms with Gasteiger partial charge in [0.1, 0.15) is 12.6 Å². The van der Waals surface area contributed by atoms with Crippen LogP contribution in [0, 0.1) is 6.92 Å². The molecule has 186 valence electrons. The molecule has 7 nitrogen and oxygen atoms in total. The Morgan fingerprint density at radius 1 is 1.06 bits per heavy atom. The minimum Gasteiger partial charge on any atom is -0.354 e. The van der Waals surface area contributed by atoms with Gasteiger partial charge in [0.15, 0.2) is 0 Å². The molecule has 1 N–H and O–H groups in total. The van der Waals surface area contributed by atoms with Crippen LogP contribution in [0.25, 0.3) is 0 Å². The Morgan fingerprint density at radius 2 is 1.71 bits per heavy atom. The molecular formula is C24H31Cl2N3O4S. The summed E-state index contributed by atoms with van der Waals surface area (Å²) in [5.41, 5.74) is 1.83. The van der Waals surface area contributed by atoms with Gasteiger partial charge in [-0.3, -0.25) is 13.9 Å². The number of hydrogen-bond acceptors (Lipinski definition) is 4. The molecule has 0 fully saturated rings. The molecule has 0 aliphatic heterocycles. The molecule has 0 saturated carbocycles. The molecule has 0 bridgehead atoms. The SMILES string of the molecule is CCCNC(=O)[C@H](CC)N(Cc1ccc(Cl)cc1)C(=O)CN(c1ccc(C)c(Cl)c1)S(C)(=O)=O. The predicted molar refractivity (Wildman–Crippen MR) is 138 cm³/mol. The third-order valence-electron chi connectivity index (χ3n) is 5.32. The van der Waals surface area contributed by atoms with E-state index in [4.69, 9.17) is 23.2 Å². The van der Waals surface area contributed by atoms with Gasteiger partial charge in [-0.25, -0.2) is 8.42 Å². The summed E-state index contributed by atoms with van der Waals surface area (Å²) in [5, 5.41) is 3.78. The summed E-state index contributed by atoms with van der Waals surface area (Å²) in [5.74, 6) is -0.786. The van der Waals surface area contributed by atoms with E-state index >= 15 is 0 Å². The second kappa shape index (κ2) is 12.4. The maximum absolute atomic E-state index is 13.6. The molecule has 10 heteroatoms. The highest BCUT2D eigenvalue weighted by atomic mass is 35.5. The third kappa shape index (κ3) is 7.61. The highest BCUT2D eigenvalue weighted by Crippen LogP contribution is 2.25. The van der Waals surface area contributed by atoms with Crippen molar-refractivity contribution in [1.29, 1.82) is 0 Å². The second-order valence-corrected chi connectivity index (χ2v) is 10.8. The first kappa shape index (κ1) is 28.0. The number of anilines is 1. The lowest BCUT2D eigenvalue weighted by atomic mass is 10.1. The van der Waals surface area contributed by atoms with Gasteiger partial charge >= 0.3 is 0 Å². The summed E-state index contributed by atoms with van der Waals surface area (Å²) in [6.45, 7) is 5.69. The van der Waals surface area contributed by atoms with E-state index in [1.165, 1.54) is 11.0 Å². The molecule has 0 saturated heterocycles. The minimum absolute atomic E-state index is 0.125. The van der Waals surface area contributed by atoms with Crippen LogP contribution >= 0.6 is 23.2 Å². The van der Waals surface area contributed by atoms with Crippen molar-refractivity contribution in [3.05, 3.63) is 63.6 Å². The predicted octanol–water partition coefficient (Wildman–Crippen LogP) is 4.40. The highest BCUT2D eigenvalue weighted by molar-refractivity contribution is 7.92. The summed E-state index contributed by atoms with van der Waals surface area (Å²) >= 11 is 12.2. The monoisotopic (exact) mass is 527 g/mol. The normalized spacial score (nSPS) is 12.2. The van der Waals surface area contributed by atoms with Crippen molar-refractivity contribution in [1.82, 2.24) is 10.2 Å². The fourth-order valence-electron chi connectivity index (χ4n) is 3.42. The van der Waals surface area contributed by atoms with Crippen LogP contribution in [0.5, 0.6) is 0 Å². The molecule has 2 aromatic rings. The molecule has 0 spiro atoms. The summed E-state index contributed by atoms with van der Waals surface area (Å²) in [6, 6.07) is 11.0. The molecule has 2 amide bonds. The number of hydrogen-bond donors (Lipinski definition) is 1. The molecule has 0 heterocycles. The number of aryl methyl sites for hydroxylation is 1. The third-order valence-corrected chi connectivity index (χ3v) is 7.12. The summed E-state index contributed by atoms with van der Waals surface area (Å²) in [4.78, 5) is 27.9. The number of nitrogens with zero attached hydrogens (tertiary/aromatic N) is 2. The number of carbonyl (C=O) groups excluding carboxylic acids is 2. The number of amides is 2. The van der Waals surface area contributed by atoms with E-state index in [1.54, 1.807) is 43.3 Å². The quantitative estimate of drug-likeness (QED) is 0.469. The average Bonchev–Trinajstić information content (AvgIpc) is 2.78. The van der Waals surface area contributed by atoms with Gasteiger partial charge in [0.05, 0.1) is 11.9 Å². The highest BCUT2D eigenvalue weighted by Gasteiger charge is 2.31. The Kier molecular flexibility index (Phi) is 10.2. The van der Waals surface area contributed by atoms with Gasteiger partial charge < -0.3 is 10.2 Å². The molecule has 1 atom stereocenters. The largest absolute Gasteiger partial charge is 0.354 e. The summed E-state index contributed by atoms with van der Waals surface area (Å²) in [7, 11) is -3.81. The van der Waals surface area contributed by atoms with E-state index in [1.807, 2.05) is 13.8 Å². The van der Waals surface area contributed by atoms with Gasteiger partial charge in [-0.05, 0) is 55.2 Å². The smallest absolute Gasteiger partial charge is 0.244 e. The Hall–Kier alpha value is -2.29. The fourth-order valence-corrected chi connectivity index (χ4v) is 4.56. The molecular weight excluding hydrogens is 497 g/mol. The number of sulfonamides is 1. The fraction of sp³-hybridized carbons (Fsp3) is 0.417. The number of halogens is 2. The van der Waals surface area contributed by atoms with Gasteiger partial charge in [0.2, 0.25) is 21.8 Å². The van der Waals surface area contributed by atoms with Crippen LogP contribution in [0.4, 0.5) is 5.69 Å². The van der Waals surface area contributed by atoms with Crippen molar-refractivity contribution in [3.8, 4) is 0 Å². The first-order valence-electron chi connectivity index (χ1n) is 11.0. The lowest BCUT2D eigenvalue weighted by molar-refractivity contribution is -0.140. The molecule has 0 unspecified atom stereocenters. The van der Waals surface area contributed by atoms with Crippen LogP contribution in [0.2, 0.25) is 10.0 Å². The Balaban J connectivity index is 2.43. The number of rotatable bonds is 11.